The lowest BCUT2D eigenvalue weighted by molar-refractivity contribution is -0.135. The molecule has 0 spiro atoms. The van der Waals surface area contributed by atoms with Gasteiger partial charge >= 0.3 is 0 Å². The van der Waals surface area contributed by atoms with Crippen LogP contribution in [-0.4, -0.2) is 29.0 Å². The lowest BCUT2D eigenvalue weighted by atomic mass is 9.80. The Morgan fingerprint density at radius 3 is 2.42 bits per heavy atom. The second kappa shape index (κ2) is 6.97. The predicted octanol–water partition coefficient (Wildman–Crippen LogP) is 2.06. The van der Waals surface area contributed by atoms with Crippen molar-refractivity contribution in [3.8, 4) is 0 Å². The Balaban J connectivity index is 2.09. The number of nitrogens with one attached hydrogen (secondary N) is 2. The molecule has 24 heavy (non-hydrogen) atoms. The molecule has 6 nitrogen and oxygen atoms in total. The average Bonchev–Trinajstić information content (AvgIpc) is 2.84. The maximum absolute atomic E-state index is 12.8. The lowest BCUT2D eigenvalue weighted by Gasteiger charge is -2.37. The predicted molar refractivity (Wildman–Crippen MR) is 90.4 cm³/mol. The summed E-state index contributed by atoms with van der Waals surface area (Å²) in [6.45, 7) is 6.75. The van der Waals surface area contributed by atoms with Crippen molar-refractivity contribution in [2.45, 2.75) is 70.9 Å². The SMILES string of the molecule is CC(=O)NC1(C(=O)NC[C@](C)(O)c2cc(C)oc2C)CCCCC1. The fourth-order valence-corrected chi connectivity index (χ4v) is 3.58. The number of rotatable bonds is 5. The molecule has 1 aromatic rings. The summed E-state index contributed by atoms with van der Waals surface area (Å²) in [6.07, 6.45) is 4.14. The second-order valence-corrected chi connectivity index (χ2v) is 7.11. The molecule has 0 saturated heterocycles. The molecular weight excluding hydrogens is 308 g/mol. The summed E-state index contributed by atoms with van der Waals surface area (Å²) in [6, 6.07) is 1.78. The minimum absolute atomic E-state index is 0.0625. The van der Waals surface area contributed by atoms with Crippen LogP contribution in [0.1, 0.15) is 63.0 Å². The standard InChI is InChI=1S/C18H28N2O4/c1-12-10-15(13(2)24-12)17(4,23)11-19-16(22)18(20-14(3)21)8-6-5-7-9-18/h10,23H,5-9,11H2,1-4H3,(H,19,22)(H,20,21)/t17-/m0/s1. The minimum atomic E-state index is -1.23. The Morgan fingerprint density at radius 1 is 1.29 bits per heavy atom. The van der Waals surface area contributed by atoms with Crippen molar-refractivity contribution in [1.82, 2.24) is 10.6 Å². The van der Waals surface area contributed by atoms with E-state index >= 15 is 0 Å². The van der Waals surface area contributed by atoms with E-state index in [0.717, 1.165) is 25.0 Å². The molecule has 2 rings (SSSR count). The van der Waals surface area contributed by atoms with E-state index in [1.807, 2.05) is 6.92 Å². The first-order valence-electron chi connectivity index (χ1n) is 8.53. The van der Waals surface area contributed by atoms with Crippen molar-refractivity contribution in [2.24, 2.45) is 0 Å². The topological polar surface area (TPSA) is 91.6 Å². The first-order valence-corrected chi connectivity index (χ1v) is 8.53. The van der Waals surface area contributed by atoms with Crippen LogP contribution in [-0.2, 0) is 15.2 Å². The van der Waals surface area contributed by atoms with E-state index in [9.17, 15) is 14.7 Å². The molecule has 1 atom stereocenters. The number of hydrogen-bond donors (Lipinski definition) is 3. The summed E-state index contributed by atoms with van der Waals surface area (Å²) in [5.41, 5.74) is -1.43. The summed E-state index contributed by atoms with van der Waals surface area (Å²) >= 11 is 0. The zero-order chi connectivity index (χ0) is 18.0. The van der Waals surface area contributed by atoms with Crippen LogP contribution in [0.3, 0.4) is 0 Å². The molecule has 0 aliphatic heterocycles. The third kappa shape index (κ3) is 3.98. The van der Waals surface area contributed by atoms with Gasteiger partial charge in [-0.05, 0) is 39.7 Å². The van der Waals surface area contributed by atoms with Crippen molar-refractivity contribution >= 4 is 11.8 Å². The highest BCUT2D eigenvalue weighted by molar-refractivity contribution is 5.91. The molecule has 0 aromatic carbocycles. The fourth-order valence-electron chi connectivity index (χ4n) is 3.58. The maximum Gasteiger partial charge on any atom is 0.245 e. The van der Waals surface area contributed by atoms with Crippen molar-refractivity contribution in [3.63, 3.8) is 0 Å². The average molecular weight is 336 g/mol. The van der Waals surface area contributed by atoms with Crippen LogP contribution in [0.2, 0.25) is 0 Å². The van der Waals surface area contributed by atoms with E-state index < -0.39 is 11.1 Å². The highest BCUT2D eigenvalue weighted by Crippen LogP contribution is 2.30. The number of carbonyl (C=O) groups is 2. The third-order valence-electron chi connectivity index (χ3n) is 4.77. The van der Waals surface area contributed by atoms with Gasteiger partial charge in [-0.2, -0.15) is 0 Å². The first kappa shape index (κ1) is 18.5. The number of hydrogen-bond acceptors (Lipinski definition) is 4. The van der Waals surface area contributed by atoms with Gasteiger partial charge in [-0.15, -0.1) is 0 Å². The Kier molecular flexibility index (Phi) is 5.38. The van der Waals surface area contributed by atoms with Crippen LogP contribution < -0.4 is 10.6 Å². The minimum Gasteiger partial charge on any atom is -0.466 e. The van der Waals surface area contributed by atoms with E-state index in [-0.39, 0.29) is 18.4 Å². The summed E-state index contributed by atoms with van der Waals surface area (Å²) in [7, 11) is 0. The van der Waals surface area contributed by atoms with Gasteiger partial charge in [0.15, 0.2) is 0 Å². The molecule has 3 N–H and O–H groups in total. The molecule has 134 valence electrons. The fraction of sp³-hybridized carbons (Fsp3) is 0.667. The van der Waals surface area contributed by atoms with Crippen LogP contribution >= 0.6 is 0 Å². The molecule has 1 saturated carbocycles. The van der Waals surface area contributed by atoms with Crippen LogP contribution in [0.4, 0.5) is 0 Å². The molecule has 1 heterocycles. The third-order valence-corrected chi connectivity index (χ3v) is 4.77. The monoisotopic (exact) mass is 336 g/mol. The zero-order valence-corrected chi connectivity index (χ0v) is 15.0. The van der Waals surface area contributed by atoms with Gasteiger partial charge in [0.25, 0.3) is 0 Å². The van der Waals surface area contributed by atoms with E-state index in [2.05, 4.69) is 10.6 Å². The highest BCUT2D eigenvalue weighted by atomic mass is 16.3. The maximum atomic E-state index is 12.8. The normalized spacial score (nSPS) is 19.4. The van der Waals surface area contributed by atoms with E-state index in [0.29, 0.717) is 24.2 Å². The zero-order valence-electron chi connectivity index (χ0n) is 15.0. The molecule has 1 aromatic heterocycles. The molecule has 6 heteroatoms. The van der Waals surface area contributed by atoms with Gasteiger partial charge in [-0.25, -0.2) is 0 Å². The van der Waals surface area contributed by atoms with Gasteiger partial charge in [-0.3, -0.25) is 9.59 Å². The largest absolute Gasteiger partial charge is 0.466 e. The Labute approximate surface area is 143 Å². The van der Waals surface area contributed by atoms with Gasteiger partial charge in [0.1, 0.15) is 22.7 Å². The summed E-state index contributed by atoms with van der Waals surface area (Å²) < 4.78 is 5.47. The van der Waals surface area contributed by atoms with E-state index in [1.54, 1.807) is 19.9 Å². The van der Waals surface area contributed by atoms with E-state index in [1.165, 1.54) is 6.92 Å². The van der Waals surface area contributed by atoms with Gasteiger partial charge < -0.3 is 20.2 Å². The smallest absolute Gasteiger partial charge is 0.245 e. The van der Waals surface area contributed by atoms with Gasteiger partial charge in [-0.1, -0.05) is 19.3 Å². The summed E-state index contributed by atoms with van der Waals surface area (Å²) in [4.78, 5) is 24.3. The van der Waals surface area contributed by atoms with E-state index in [4.69, 9.17) is 4.42 Å². The van der Waals surface area contributed by atoms with Crippen molar-refractivity contribution in [1.29, 1.82) is 0 Å². The second-order valence-electron chi connectivity index (χ2n) is 7.11. The Hall–Kier alpha value is -1.82. The quantitative estimate of drug-likeness (QED) is 0.767. The molecule has 0 bridgehead atoms. The van der Waals surface area contributed by atoms with Gasteiger partial charge in [0, 0.05) is 12.5 Å². The molecule has 2 amide bonds. The molecule has 0 radical (unpaired) electrons. The van der Waals surface area contributed by atoms with Crippen LogP contribution in [0, 0.1) is 13.8 Å². The number of amides is 2. The number of carbonyl (C=O) groups excluding carboxylic acids is 2. The van der Waals surface area contributed by atoms with Crippen molar-refractivity contribution < 1.29 is 19.1 Å². The van der Waals surface area contributed by atoms with Crippen LogP contribution in [0.5, 0.6) is 0 Å². The van der Waals surface area contributed by atoms with Gasteiger partial charge in [0.05, 0.1) is 6.54 Å². The van der Waals surface area contributed by atoms with Crippen molar-refractivity contribution in [2.75, 3.05) is 6.54 Å². The number of aryl methyl sites for hydroxylation is 2. The first-order chi connectivity index (χ1) is 11.2. The Bertz CT molecular complexity index is 613. The molecule has 1 fully saturated rings. The molecule has 1 aliphatic rings. The van der Waals surface area contributed by atoms with Crippen LogP contribution in [0.15, 0.2) is 10.5 Å². The number of aliphatic hydroxyl groups is 1. The van der Waals surface area contributed by atoms with Crippen molar-refractivity contribution in [3.05, 3.63) is 23.2 Å². The molecule has 1 aliphatic carbocycles. The van der Waals surface area contributed by atoms with Crippen LogP contribution in [0.25, 0.3) is 0 Å². The molecule has 0 unspecified atom stereocenters. The Morgan fingerprint density at radius 2 is 1.92 bits per heavy atom. The van der Waals surface area contributed by atoms with Gasteiger partial charge in [0.2, 0.25) is 11.8 Å². The highest BCUT2D eigenvalue weighted by Gasteiger charge is 2.41. The summed E-state index contributed by atoms with van der Waals surface area (Å²) in [5.74, 6) is 0.924. The lowest BCUT2D eigenvalue weighted by Crippen LogP contribution is -2.60. The summed E-state index contributed by atoms with van der Waals surface area (Å²) in [5, 5.41) is 16.4. The molecular formula is C18H28N2O4. The number of furan rings is 1.